The van der Waals surface area contributed by atoms with Gasteiger partial charge in [0.2, 0.25) is 0 Å². The molecule has 0 amide bonds. The van der Waals surface area contributed by atoms with E-state index in [9.17, 15) is 0 Å². The molecule has 0 unspecified atom stereocenters. The van der Waals surface area contributed by atoms with Crippen molar-refractivity contribution in [1.29, 1.82) is 0 Å². The lowest BCUT2D eigenvalue weighted by molar-refractivity contribution is 0.224. The Morgan fingerprint density at radius 1 is 1.31 bits per heavy atom. The lowest BCUT2D eigenvalue weighted by Crippen LogP contribution is -2.31. The molecule has 2 heterocycles. The van der Waals surface area contributed by atoms with Crippen LogP contribution in [-0.2, 0) is 13.0 Å². The fourth-order valence-corrected chi connectivity index (χ4v) is 3.67. The number of nitrogens with zero attached hydrogens (tertiary/aromatic N) is 2. The molecule has 1 aliphatic heterocycles. The average molecular weight is 378 g/mol. The Bertz CT molecular complexity index is 758. The highest BCUT2D eigenvalue weighted by Crippen LogP contribution is 2.41. The Kier molecular flexibility index (Phi) is 6.09. The van der Waals surface area contributed by atoms with Crippen molar-refractivity contribution in [2.24, 2.45) is 0 Å². The van der Waals surface area contributed by atoms with Crippen LogP contribution in [0, 0.1) is 0 Å². The number of hydrogen-bond donors (Lipinski definition) is 1. The number of rotatable bonds is 7. The Morgan fingerprint density at radius 2 is 2.12 bits per heavy atom. The first kappa shape index (κ1) is 19.1. The molecule has 0 saturated carbocycles. The van der Waals surface area contributed by atoms with Crippen LogP contribution in [0.4, 0.5) is 0 Å². The third-order valence-corrected chi connectivity index (χ3v) is 4.77. The smallest absolute Gasteiger partial charge is 0.180 e. The van der Waals surface area contributed by atoms with Crippen molar-refractivity contribution < 1.29 is 9.47 Å². The average Bonchev–Trinajstić information content (AvgIpc) is 3.01. The van der Waals surface area contributed by atoms with Crippen molar-refractivity contribution in [3.05, 3.63) is 28.4 Å². The molecule has 0 fully saturated rings. The first-order valence-electron chi connectivity index (χ1n) is 9.45. The lowest BCUT2D eigenvalue weighted by atomic mass is 10.0. The van der Waals surface area contributed by atoms with Crippen molar-refractivity contribution in [3.8, 4) is 22.8 Å². The molecular formula is C20H28ClN3O2. The van der Waals surface area contributed by atoms with Gasteiger partial charge in [-0.05, 0) is 45.9 Å². The summed E-state index contributed by atoms with van der Waals surface area (Å²) >= 11 is 6.54. The normalized spacial score (nSPS) is 14.5. The second-order valence-electron chi connectivity index (χ2n) is 6.94. The minimum absolute atomic E-state index is 0.0262. The van der Waals surface area contributed by atoms with Gasteiger partial charge in [-0.3, -0.25) is 10.00 Å². The van der Waals surface area contributed by atoms with Gasteiger partial charge in [-0.15, -0.1) is 0 Å². The number of benzene rings is 1. The molecule has 2 aromatic rings. The van der Waals surface area contributed by atoms with E-state index >= 15 is 0 Å². The maximum Gasteiger partial charge on any atom is 0.180 e. The number of hydrogen-bond acceptors (Lipinski definition) is 4. The van der Waals surface area contributed by atoms with E-state index in [2.05, 4.69) is 22.0 Å². The van der Waals surface area contributed by atoms with Gasteiger partial charge in [0.05, 0.1) is 23.4 Å². The van der Waals surface area contributed by atoms with Gasteiger partial charge in [-0.25, -0.2) is 0 Å². The van der Waals surface area contributed by atoms with Gasteiger partial charge < -0.3 is 9.47 Å². The van der Waals surface area contributed by atoms with Crippen molar-refractivity contribution in [3.63, 3.8) is 0 Å². The van der Waals surface area contributed by atoms with Gasteiger partial charge in [0.15, 0.2) is 11.5 Å². The predicted molar refractivity (Wildman–Crippen MR) is 105 cm³/mol. The zero-order valence-corrected chi connectivity index (χ0v) is 16.8. The molecule has 0 spiro atoms. The maximum atomic E-state index is 6.54. The van der Waals surface area contributed by atoms with Gasteiger partial charge in [0.25, 0.3) is 0 Å². The number of nitrogens with one attached hydrogen (secondary N) is 1. The first-order chi connectivity index (χ1) is 12.5. The topological polar surface area (TPSA) is 50.4 Å². The van der Waals surface area contributed by atoms with E-state index in [1.54, 1.807) is 0 Å². The van der Waals surface area contributed by atoms with Crippen LogP contribution in [0.5, 0.6) is 11.5 Å². The van der Waals surface area contributed by atoms with Crippen molar-refractivity contribution in [1.82, 2.24) is 15.1 Å². The minimum Gasteiger partial charge on any atom is -0.490 e. The molecule has 26 heavy (non-hydrogen) atoms. The molecule has 0 radical (unpaired) electrons. The molecule has 0 atom stereocenters. The third kappa shape index (κ3) is 3.99. The first-order valence-corrected chi connectivity index (χ1v) is 9.83. The maximum absolute atomic E-state index is 6.54. The summed E-state index contributed by atoms with van der Waals surface area (Å²) in [4.78, 5) is 2.47. The Balaban J connectivity index is 1.99. The summed E-state index contributed by atoms with van der Waals surface area (Å²) in [6.07, 6.45) is 2.19. The molecule has 3 rings (SSSR count). The zero-order chi connectivity index (χ0) is 18.7. The fourth-order valence-electron chi connectivity index (χ4n) is 3.41. The largest absolute Gasteiger partial charge is 0.490 e. The molecule has 1 aliphatic rings. The number of aromatic nitrogens is 2. The summed E-state index contributed by atoms with van der Waals surface area (Å²) in [5.41, 5.74) is 4.41. The number of ether oxygens (including phenoxy) is 2. The van der Waals surface area contributed by atoms with E-state index in [0.717, 1.165) is 43.7 Å². The number of halogens is 1. The summed E-state index contributed by atoms with van der Waals surface area (Å²) in [5.74, 6) is 1.27. The van der Waals surface area contributed by atoms with E-state index in [4.69, 9.17) is 21.1 Å². The van der Waals surface area contributed by atoms with Crippen LogP contribution in [0.25, 0.3) is 11.3 Å². The van der Waals surface area contributed by atoms with Gasteiger partial charge in [0, 0.05) is 36.3 Å². The molecule has 5 nitrogen and oxygen atoms in total. The summed E-state index contributed by atoms with van der Waals surface area (Å²) in [5, 5.41) is 8.36. The van der Waals surface area contributed by atoms with E-state index in [1.807, 2.05) is 32.9 Å². The quantitative estimate of drug-likeness (QED) is 0.760. The summed E-state index contributed by atoms with van der Waals surface area (Å²) in [6, 6.07) is 3.92. The summed E-state index contributed by atoms with van der Waals surface area (Å²) in [6.45, 7) is 11.8. The SMILES string of the molecule is CCCN1CCc2[nH]nc(-c3cc(Cl)c(OC(C)C)c(OCC)c3)c2C1. The second-order valence-corrected chi connectivity index (χ2v) is 7.35. The molecule has 1 aromatic carbocycles. The van der Waals surface area contributed by atoms with E-state index in [0.29, 0.717) is 23.1 Å². The van der Waals surface area contributed by atoms with Crippen molar-refractivity contribution in [2.75, 3.05) is 19.7 Å². The van der Waals surface area contributed by atoms with Gasteiger partial charge >= 0.3 is 0 Å². The van der Waals surface area contributed by atoms with Gasteiger partial charge in [-0.2, -0.15) is 5.10 Å². The highest BCUT2D eigenvalue weighted by Gasteiger charge is 2.24. The molecule has 0 bridgehead atoms. The van der Waals surface area contributed by atoms with Crippen molar-refractivity contribution in [2.45, 2.75) is 53.2 Å². The number of aromatic amines is 1. The minimum atomic E-state index is 0.0262. The van der Waals surface area contributed by atoms with Crippen LogP contribution in [-0.4, -0.2) is 40.9 Å². The molecule has 1 aromatic heterocycles. The number of fused-ring (bicyclic) bond motifs is 1. The third-order valence-electron chi connectivity index (χ3n) is 4.49. The lowest BCUT2D eigenvalue weighted by Gasteiger charge is -2.26. The monoisotopic (exact) mass is 377 g/mol. The van der Waals surface area contributed by atoms with Gasteiger partial charge in [0.1, 0.15) is 0 Å². The molecule has 0 aliphatic carbocycles. The summed E-state index contributed by atoms with van der Waals surface area (Å²) < 4.78 is 11.7. The highest BCUT2D eigenvalue weighted by atomic mass is 35.5. The van der Waals surface area contributed by atoms with Crippen LogP contribution in [0.3, 0.4) is 0 Å². The highest BCUT2D eigenvalue weighted by molar-refractivity contribution is 6.32. The van der Waals surface area contributed by atoms with E-state index in [-0.39, 0.29) is 6.10 Å². The standard InChI is InChI=1S/C20H28ClN3O2/c1-5-8-24-9-7-17-15(12-24)19(23-22-17)14-10-16(21)20(26-13(3)4)18(11-14)25-6-2/h10-11,13H,5-9,12H2,1-4H3,(H,22,23). The molecule has 1 N–H and O–H groups in total. The Labute approximate surface area is 160 Å². The van der Waals surface area contributed by atoms with Crippen LogP contribution < -0.4 is 9.47 Å². The Morgan fingerprint density at radius 3 is 2.81 bits per heavy atom. The van der Waals surface area contributed by atoms with E-state index in [1.165, 1.54) is 11.3 Å². The molecule has 0 saturated heterocycles. The van der Waals surface area contributed by atoms with Crippen LogP contribution >= 0.6 is 11.6 Å². The molecule has 6 heteroatoms. The second kappa shape index (κ2) is 8.31. The zero-order valence-electron chi connectivity index (χ0n) is 16.1. The number of H-pyrrole nitrogens is 1. The van der Waals surface area contributed by atoms with Crippen LogP contribution in [0.1, 0.15) is 45.4 Å². The van der Waals surface area contributed by atoms with E-state index < -0.39 is 0 Å². The van der Waals surface area contributed by atoms with Crippen LogP contribution in [0.2, 0.25) is 5.02 Å². The molecular weight excluding hydrogens is 350 g/mol. The van der Waals surface area contributed by atoms with Crippen molar-refractivity contribution >= 4 is 11.6 Å². The molecule has 142 valence electrons. The fraction of sp³-hybridized carbons (Fsp3) is 0.550. The van der Waals surface area contributed by atoms with Gasteiger partial charge in [-0.1, -0.05) is 18.5 Å². The summed E-state index contributed by atoms with van der Waals surface area (Å²) in [7, 11) is 0. The Hall–Kier alpha value is -1.72. The predicted octanol–water partition coefficient (Wildman–Crippen LogP) is 4.68. The van der Waals surface area contributed by atoms with Crippen LogP contribution in [0.15, 0.2) is 12.1 Å².